The van der Waals surface area contributed by atoms with Crippen molar-refractivity contribution in [3.8, 4) is 0 Å². The van der Waals surface area contributed by atoms with Crippen LogP contribution < -0.4 is 5.73 Å². The Kier molecular flexibility index (Phi) is 2.02. The molecular weight excluding hydrogens is 124 g/mol. The molecule has 0 bridgehead atoms. The van der Waals surface area contributed by atoms with Crippen LogP contribution in [0.2, 0.25) is 0 Å². The van der Waals surface area contributed by atoms with Gasteiger partial charge in [0, 0.05) is 18.6 Å². The first-order chi connectivity index (χ1) is 4.47. The zero-order valence-corrected chi connectivity index (χ0v) is 7.22. The summed E-state index contributed by atoms with van der Waals surface area (Å²) in [5, 5.41) is 0. The highest BCUT2D eigenvalue weighted by Crippen LogP contribution is 2.21. The molecule has 0 aliphatic carbocycles. The number of likely N-dealkylation sites (tertiary alicyclic amines) is 1. The Morgan fingerprint density at radius 3 is 2.30 bits per heavy atom. The van der Waals surface area contributed by atoms with Gasteiger partial charge in [0.05, 0.1) is 0 Å². The third-order valence-corrected chi connectivity index (χ3v) is 1.95. The first kappa shape index (κ1) is 8.02. The number of rotatable bonds is 2. The summed E-state index contributed by atoms with van der Waals surface area (Å²) in [6.45, 7) is 6.68. The zero-order valence-electron chi connectivity index (χ0n) is 7.22. The number of hydrogen-bond donors (Lipinski definition) is 1. The second kappa shape index (κ2) is 2.51. The normalized spacial score (nSPS) is 22.8. The van der Waals surface area contributed by atoms with Gasteiger partial charge >= 0.3 is 0 Å². The van der Waals surface area contributed by atoms with Crippen molar-refractivity contribution in [3.63, 3.8) is 0 Å². The molecule has 2 heteroatoms. The summed E-state index contributed by atoms with van der Waals surface area (Å²) < 4.78 is 0. The first-order valence-corrected chi connectivity index (χ1v) is 3.95. The SMILES string of the molecule is CN1CC(CC(C)(C)N)C1. The Hall–Kier alpha value is -0.0800. The van der Waals surface area contributed by atoms with Crippen LogP contribution in [0.5, 0.6) is 0 Å². The van der Waals surface area contributed by atoms with Gasteiger partial charge in [-0.3, -0.25) is 0 Å². The van der Waals surface area contributed by atoms with Crippen molar-refractivity contribution < 1.29 is 0 Å². The van der Waals surface area contributed by atoms with Gasteiger partial charge in [-0.2, -0.15) is 0 Å². The molecule has 1 fully saturated rings. The van der Waals surface area contributed by atoms with Crippen LogP contribution in [0.3, 0.4) is 0 Å². The van der Waals surface area contributed by atoms with Crippen LogP contribution in [-0.4, -0.2) is 30.6 Å². The Bertz CT molecular complexity index is 109. The van der Waals surface area contributed by atoms with E-state index in [2.05, 4.69) is 25.8 Å². The van der Waals surface area contributed by atoms with E-state index in [-0.39, 0.29) is 5.54 Å². The highest BCUT2D eigenvalue weighted by molar-refractivity contribution is 4.84. The van der Waals surface area contributed by atoms with E-state index < -0.39 is 0 Å². The number of nitrogens with zero attached hydrogens (tertiary/aromatic N) is 1. The third-order valence-electron chi connectivity index (χ3n) is 1.95. The van der Waals surface area contributed by atoms with E-state index >= 15 is 0 Å². The Morgan fingerprint density at radius 2 is 2.00 bits per heavy atom. The van der Waals surface area contributed by atoms with Crippen LogP contribution in [-0.2, 0) is 0 Å². The average molecular weight is 142 g/mol. The highest BCUT2D eigenvalue weighted by Gasteiger charge is 2.27. The van der Waals surface area contributed by atoms with Crippen molar-refractivity contribution in [2.75, 3.05) is 20.1 Å². The number of nitrogens with two attached hydrogens (primary N) is 1. The van der Waals surface area contributed by atoms with Gasteiger partial charge in [-0.25, -0.2) is 0 Å². The van der Waals surface area contributed by atoms with Crippen LogP contribution in [0.4, 0.5) is 0 Å². The quantitative estimate of drug-likeness (QED) is 0.614. The predicted molar refractivity (Wildman–Crippen MR) is 43.9 cm³/mol. The molecule has 0 aromatic rings. The summed E-state index contributed by atoms with van der Waals surface area (Å²) >= 11 is 0. The van der Waals surface area contributed by atoms with Crippen LogP contribution >= 0.6 is 0 Å². The molecule has 0 atom stereocenters. The van der Waals surface area contributed by atoms with Gasteiger partial charge in [-0.05, 0) is 33.2 Å². The third kappa shape index (κ3) is 2.27. The lowest BCUT2D eigenvalue weighted by atomic mass is 9.87. The minimum atomic E-state index is 0.0337. The van der Waals surface area contributed by atoms with Gasteiger partial charge in [0.2, 0.25) is 0 Å². The fraction of sp³-hybridized carbons (Fsp3) is 1.00. The Labute approximate surface area is 63.4 Å². The molecule has 0 unspecified atom stereocenters. The molecule has 60 valence electrons. The molecule has 1 rings (SSSR count). The van der Waals surface area contributed by atoms with E-state index in [9.17, 15) is 0 Å². The fourth-order valence-corrected chi connectivity index (χ4v) is 1.70. The molecule has 1 heterocycles. The van der Waals surface area contributed by atoms with Crippen LogP contribution in [0.15, 0.2) is 0 Å². The Morgan fingerprint density at radius 1 is 1.50 bits per heavy atom. The van der Waals surface area contributed by atoms with Gasteiger partial charge in [-0.15, -0.1) is 0 Å². The predicted octanol–water partition coefficient (Wildman–Crippen LogP) is 0.675. The monoisotopic (exact) mass is 142 g/mol. The van der Waals surface area contributed by atoms with Crippen LogP contribution in [0, 0.1) is 5.92 Å². The summed E-state index contributed by atoms with van der Waals surface area (Å²) in [5.41, 5.74) is 5.91. The van der Waals surface area contributed by atoms with Gasteiger partial charge in [0.1, 0.15) is 0 Å². The van der Waals surface area contributed by atoms with E-state index in [0.29, 0.717) is 0 Å². The summed E-state index contributed by atoms with van der Waals surface area (Å²) in [4.78, 5) is 2.33. The second-order valence-electron chi connectivity index (χ2n) is 4.28. The maximum Gasteiger partial charge on any atom is 0.0101 e. The van der Waals surface area contributed by atoms with Gasteiger partial charge in [0.15, 0.2) is 0 Å². The molecule has 1 aliphatic rings. The van der Waals surface area contributed by atoms with Crippen molar-refractivity contribution >= 4 is 0 Å². The maximum atomic E-state index is 5.87. The first-order valence-electron chi connectivity index (χ1n) is 3.95. The molecular formula is C8H18N2. The standard InChI is InChI=1S/C8H18N2/c1-8(2,9)4-7-5-10(3)6-7/h7H,4-6,9H2,1-3H3. The van der Waals surface area contributed by atoms with E-state index in [1.54, 1.807) is 0 Å². The number of hydrogen-bond acceptors (Lipinski definition) is 2. The lowest BCUT2D eigenvalue weighted by Gasteiger charge is -2.39. The molecule has 2 nitrogen and oxygen atoms in total. The summed E-state index contributed by atoms with van der Waals surface area (Å²) in [5.74, 6) is 0.852. The van der Waals surface area contributed by atoms with Crippen molar-refractivity contribution in [2.24, 2.45) is 11.7 Å². The molecule has 2 N–H and O–H groups in total. The fourth-order valence-electron chi connectivity index (χ4n) is 1.70. The molecule has 10 heavy (non-hydrogen) atoms. The van der Waals surface area contributed by atoms with Crippen molar-refractivity contribution in [3.05, 3.63) is 0 Å². The second-order valence-corrected chi connectivity index (χ2v) is 4.28. The molecule has 0 amide bonds. The van der Waals surface area contributed by atoms with Crippen LogP contribution in [0.1, 0.15) is 20.3 Å². The molecule has 0 aromatic heterocycles. The zero-order chi connectivity index (χ0) is 7.78. The summed E-state index contributed by atoms with van der Waals surface area (Å²) in [6.07, 6.45) is 1.16. The topological polar surface area (TPSA) is 29.3 Å². The highest BCUT2D eigenvalue weighted by atomic mass is 15.2. The molecule has 0 spiro atoms. The minimum absolute atomic E-state index is 0.0337. The Balaban J connectivity index is 2.16. The van der Waals surface area contributed by atoms with E-state index in [0.717, 1.165) is 12.3 Å². The van der Waals surface area contributed by atoms with E-state index in [1.165, 1.54) is 13.1 Å². The average Bonchev–Trinajstić information content (AvgIpc) is 1.57. The van der Waals surface area contributed by atoms with E-state index in [1.807, 2.05) is 0 Å². The van der Waals surface area contributed by atoms with E-state index in [4.69, 9.17) is 5.73 Å². The van der Waals surface area contributed by atoms with Gasteiger partial charge in [0.25, 0.3) is 0 Å². The smallest absolute Gasteiger partial charge is 0.0101 e. The largest absolute Gasteiger partial charge is 0.326 e. The maximum absolute atomic E-state index is 5.87. The van der Waals surface area contributed by atoms with Crippen molar-refractivity contribution in [1.82, 2.24) is 4.90 Å². The summed E-state index contributed by atoms with van der Waals surface area (Å²) in [6, 6.07) is 0. The van der Waals surface area contributed by atoms with Gasteiger partial charge in [-0.1, -0.05) is 0 Å². The molecule has 0 saturated carbocycles. The molecule has 0 aromatic carbocycles. The minimum Gasteiger partial charge on any atom is -0.326 e. The molecule has 1 aliphatic heterocycles. The van der Waals surface area contributed by atoms with Crippen molar-refractivity contribution in [1.29, 1.82) is 0 Å². The molecule has 0 radical (unpaired) electrons. The lowest BCUT2D eigenvalue weighted by molar-refractivity contribution is 0.110. The van der Waals surface area contributed by atoms with Gasteiger partial charge < -0.3 is 10.6 Å². The summed E-state index contributed by atoms with van der Waals surface area (Å²) in [7, 11) is 2.15. The molecule has 1 saturated heterocycles. The van der Waals surface area contributed by atoms with Crippen LogP contribution in [0.25, 0.3) is 0 Å². The van der Waals surface area contributed by atoms with Crippen molar-refractivity contribution in [2.45, 2.75) is 25.8 Å². The lowest BCUT2D eigenvalue weighted by Crippen LogP contribution is -2.48.